The van der Waals surface area contributed by atoms with Crippen LogP contribution < -0.4 is 0 Å². The largest absolute Gasteiger partial charge is 0.465 e. The van der Waals surface area contributed by atoms with Crippen molar-refractivity contribution in [3.05, 3.63) is 30.1 Å². The number of Topliss-reactive ketones (excluding diaryl/α,β-unsaturated/α-hetero) is 2. The first-order valence-electron chi connectivity index (χ1n) is 10.4. The number of hydrogen-bond donors (Lipinski definition) is 0. The van der Waals surface area contributed by atoms with Crippen LogP contribution in [0.15, 0.2) is 24.5 Å². The van der Waals surface area contributed by atoms with Gasteiger partial charge in [0.15, 0.2) is 0 Å². The van der Waals surface area contributed by atoms with Crippen molar-refractivity contribution in [2.45, 2.75) is 33.6 Å². The van der Waals surface area contributed by atoms with E-state index in [1.807, 2.05) is 0 Å². The number of esters is 4. The molecule has 1 rings (SSSR count). The fourth-order valence-corrected chi connectivity index (χ4v) is 3.12. The molecule has 1 aromatic heterocycles. The predicted octanol–water partition coefficient (Wildman–Crippen LogP) is 0.788. The van der Waals surface area contributed by atoms with E-state index >= 15 is 0 Å². The second kappa shape index (κ2) is 13.7. The lowest BCUT2D eigenvalue weighted by Crippen LogP contribution is -2.46. The molecule has 3 atom stereocenters. The fraction of sp³-hybridized carbons (Fsp3) is 0.500. The Morgan fingerprint density at radius 3 is 1.36 bits per heavy atom. The lowest BCUT2D eigenvalue weighted by Gasteiger charge is -2.29. The molecule has 0 N–H and O–H groups in total. The first-order chi connectivity index (χ1) is 15.7. The molecule has 1 heterocycles. The Kier molecular flexibility index (Phi) is 11.4. The first-order valence-corrected chi connectivity index (χ1v) is 10.4. The topological polar surface area (TPSA) is 152 Å². The highest BCUT2D eigenvalue weighted by atomic mass is 16.6. The van der Waals surface area contributed by atoms with Gasteiger partial charge in [0.1, 0.15) is 11.8 Å². The summed E-state index contributed by atoms with van der Waals surface area (Å²) < 4.78 is 19.4. The lowest BCUT2D eigenvalue weighted by atomic mass is 9.73. The summed E-state index contributed by atoms with van der Waals surface area (Å²) in [5, 5.41) is 0. The molecule has 0 spiro atoms. The molecule has 0 aromatic carbocycles. The van der Waals surface area contributed by atoms with E-state index in [0.717, 1.165) is 0 Å². The highest BCUT2D eigenvalue weighted by molar-refractivity contribution is 6.40. The van der Waals surface area contributed by atoms with Crippen LogP contribution in [0.3, 0.4) is 0 Å². The standard InChI is InChI=1S/C22H27NO10/c1-5-30-19(26)15(17(24)21(28)32-7-3)14(13-9-11-23-12-10-13)16(20(27)31-6-2)18(25)22(29)33-8-4/h9-12,14-16H,5-8H2,1-4H3/t14?,15-,16+. The maximum Gasteiger partial charge on any atom is 0.375 e. The highest BCUT2D eigenvalue weighted by Crippen LogP contribution is 2.36. The van der Waals surface area contributed by atoms with Crippen molar-refractivity contribution in [3.8, 4) is 0 Å². The van der Waals surface area contributed by atoms with Crippen LogP contribution in [0.25, 0.3) is 0 Å². The number of carbonyl (C=O) groups excluding carboxylic acids is 6. The van der Waals surface area contributed by atoms with Crippen molar-refractivity contribution in [1.82, 2.24) is 4.98 Å². The van der Waals surface area contributed by atoms with Gasteiger partial charge in [-0.1, -0.05) is 0 Å². The van der Waals surface area contributed by atoms with Gasteiger partial charge in [-0.3, -0.25) is 24.2 Å². The van der Waals surface area contributed by atoms with Crippen LogP contribution in [0.2, 0.25) is 0 Å². The summed E-state index contributed by atoms with van der Waals surface area (Å²) in [5.41, 5.74) is 0.0939. The Morgan fingerprint density at radius 2 is 1.03 bits per heavy atom. The van der Waals surface area contributed by atoms with Crippen LogP contribution in [0.1, 0.15) is 39.2 Å². The summed E-state index contributed by atoms with van der Waals surface area (Å²) in [6.45, 7) is 5.20. The quantitative estimate of drug-likeness (QED) is 0.176. The molecular weight excluding hydrogens is 438 g/mol. The van der Waals surface area contributed by atoms with Gasteiger partial charge in [0.2, 0.25) is 0 Å². The van der Waals surface area contributed by atoms with Crippen molar-refractivity contribution in [1.29, 1.82) is 0 Å². The molecule has 0 saturated carbocycles. The van der Waals surface area contributed by atoms with E-state index < -0.39 is 53.2 Å². The SMILES string of the molecule is CCOC(=O)C(=O)[C@@H](C(=O)OCC)C(c1ccncc1)[C@@H](C(=O)OCC)C(=O)C(=O)OCC. The molecule has 1 aromatic rings. The minimum Gasteiger partial charge on any atom is -0.465 e. The maximum atomic E-state index is 13.0. The van der Waals surface area contributed by atoms with Gasteiger partial charge < -0.3 is 18.9 Å². The molecule has 0 fully saturated rings. The number of aromatic nitrogens is 1. The molecule has 33 heavy (non-hydrogen) atoms. The van der Waals surface area contributed by atoms with Crippen LogP contribution in [-0.4, -0.2) is 66.9 Å². The van der Waals surface area contributed by atoms with Crippen LogP contribution in [0.4, 0.5) is 0 Å². The molecule has 0 aliphatic carbocycles. The minimum absolute atomic E-state index is 0.0939. The fourth-order valence-electron chi connectivity index (χ4n) is 3.12. The maximum absolute atomic E-state index is 13.0. The number of hydrogen-bond acceptors (Lipinski definition) is 11. The second-order valence-electron chi connectivity index (χ2n) is 6.44. The molecule has 1 unspecified atom stereocenters. The molecule has 0 bridgehead atoms. The Morgan fingerprint density at radius 1 is 0.667 bits per heavy atom. The number of nitrogens with zero attached hydrogens (tertiary/aromatic N) is 1. The Hall–Kier alpha value is -3.63. The summed E-state index contributed by atoms with van der Waals surface area (Å²) in [5.74, 6) is -13.4. The Balaban J connectivity index is 3.79. The molecule has 0 aliphatic heterocycles. The zero-order valence-electron chi connectivity index (χ0n) is 18.9. The Bertz CT molecular complexity index is 815. The number of ether oxygens (including phenoxy) is 4. The van der Waals surface area contributed by atoms with Gasteiger partial charge in [-0.15, -0.1) is 0 Å². The third-order valence-electron chi connectivity index (χ3n) is 4.41. The van der Waals surface area contributed by atoms with Gasteiger partial charge in [0.25, 0.3) is 11.6 Å². The highest BCUT2D eigenvalue weighted by Gasteiger charge is 2.51. The smallest absolute Gasteiger partial charge is 0.375 e. The van der Waals surface area contributed by atoms with Crippen molar-refractivity contribution in [2.24, 2.45) is 11.8 Å². The summed E-state index contributed by atoms with van der Waals surface area (Å²) in [6, 6.07) is 2.67. The van der Waals surface area contributed by atoms with Crippen LogP contribution in [0, 0.1) is 11.8 Å². The van der Waals surface area contributed by atoms with Crippen molar-refractivity contribution >= 4 is 35.4 Å². The molecule has 0 amide bonds. The second-order valence-corrected chi connectivity index (χ2v) is 6.44. The van der Waals surface area contributed by atoms with Gasteiger partial charge in [-0.05, 0) is 45.4 Å². The number of ketones is 2. The predicted molar refractivity (Wildman–Crippen MR) is 111 cm³/mol. The third-order valence-corrected chi connectivity index (χ3v) is 4.41. The van der Waals surface area contributed by atoms with E-state index in [1.54, 1.807) is 0 Å². The monoisotopic (exact) mass is 465 g/mol. The molecular formula is C22H27NO10. The minimum atomic E-state index is -1.99. The van der Waals surface area contributed by atoms with E-state index in [2.05, 4.69) is 4.98 Å². The van der Waals surface area contributed by atoms with E-state index in [-0.39, 0.29) is 32.0 Å². The normalized spacial score (nSPS) is 13.1. The van der Waals surface area contributed by atoms with Crippen molar-refractivity contribution < 1.29 is 47.7 Å². The van der Waals surface area contributed by atoms with Gasteiger partial charge in [-0.2, -0.15) is 0 Å². The summed E-state index contributed by atoms with van der Waals surface area (Å²) in [7, 11) is 0. The van der Waals surface area contributed by atoms with E-state index in [0.29, 0.717) is 0 Å². The first kappa shape index (κ1) is 27.4. The van der Waals surface area contributed by atoms with Crippen LogP contribution >= 0.6 is 0 Å². The average molecular weight is 465 g/mol. The zero-order chi connectivity index (χ0) is 25.0. The van der Waals surface area contributed by atoms with E-state index in [1.165, 1.54) is 52.2 Å². The van der Waals surface area contributed by atoms with Gasteiger partial charge in [0, 0.05) is 18.3 Å². The van der Waals surface area contributed by atoms with Crippen LogP contribution in [0.5, 0.6) is 0 Å². The van der Waals surface area contributed by atoms with Crippen molar-refractivity contribution in [2.75, 3.05) is 26.4 Å². The summed E-state index contributed by atoms with van der Waals surface area (Å²) >= 11 is 0. The van der Waals surface area contributed by atoms with E-state index in [4.69, 9.17) is 18.9 Å². The summed E-state index contributed by atoms with van der Waals surface area (Å²) in [6.07, 6.45) is 2.58. The zero-order valence-corrected chi connectivity index (χ0v) is 18.9. The molecule has 0 radical (unpaired) electrons. The Labute approximate surface area is 190 Å². The molecule has 0 saturated heterocycles. The third kappa shape index (κ3) is 7.19. The molecule has 180 valence electrons. The lowest BCUT2D eigenvalue weighted by molar-refractivity contribution is -0.168. The molecule has 11 heteroatoms. The number of rotatable bonds is 13. The molecule has 0 aliphatic rings. The number of pyridine rings is 1. The van der Waals surface area contributed by atoms with Gasteiger partial charge in [-0.25, -0.2) is 9.59 Å². The summed E-state index contributed by atoms with van der Waals surface area (Å²) in [4.78, 5) is 80.1. The van der Waals surface area contributed by atoms with Crippen molar-refractivity contribution in [3.63, 3.8) is 0 Å². The average Bonchev–Trinajstić information content (AvgIpc) is 2.79. The molecule has 11 nitrogen and oxygen atoms in total. The van der Waals surface area contributed by atoms with Gasteiger partial charge in [0.05, 0.1) is 26.4 Å². The van der Waals surface area contributed by atoms with E-state index in [9.17, 15) is 28.8 Å². The van der Waals surface area contributed by atoms with Crippen LogP contribution in [-0.2, 0) is 47.7 Å². The van der Waals surface area contributed by atoms with Gasteiger partial charge >= 0.3 is 23.9 Å². The number of carbonyl (C=O) groups is 6.